The fourth-order valence-electron chi connectivity index (χ4n) is 2.50. The maximum atomic E-state index is 5.35. The fraction of sp³-hybridized carbons (Fsp3) is 0.353. The average Bonchev–Trinajstić information content (AvgIpc) is 2.49. The molecule has 0 amide bonds. The van der Waals surface area contributed by atoms with E-state index in [0.717, 1.165) is 34.0 Å². The van der Waals surface area contributed by atoms with Crippen LogP contribution >= 0.6 is 0 Å². The SMILES string of the molecule is CNC(c1cc(OC)cc(OC)c1)c1ccc(C)nc1C. The molecule has 1 N–H and O–H groups in total. The van der Waals surface area contributed by atoms with Gasteiger partial charge in [-0.3, -0.25) is 4.98 Å². The molecule has 2 rings (SSSR count). The number of aromatic nitrogens is 1. The van der Waals surface area contributed by atoms with Gasteiger partial charge in [-0.2, -0.15) is 0 Å². The summed E-state index contributed by atoms with van der Waals surface area (Å²) >= 11 is 0. The second-order valence-electron chi connectivity index (χ2n) is 4.99. The number of nitrogens with one attached hydrogen (secondary N) is 1. The molecular weight excluding hydrogens is 264 g/mol. The Morgan fingerprint density at radius 1 is 1.00 bits per heavy atom. The van der Waals surface area contributed by atoms with Crippen molar-refractivity contribution in [2.24, 2.45) is 0 Å². The number of methoxy groups -OCH3 is 2. The number of hydrogen-bond donors (Lipinski definition) is 1. The highest BCUT2D eigenvalue weighted by atomic mass is 16.5. The highest BCUT2D eigenvalue weighted by Crippen LogP contribution is 2.30. The Kier molecular flexibility index (Phi) is 4.81. The van der Waals surface area contributed by atoms with Gasteiger partial charge >= 0.3 is 0 Å². The van der Waals surface area contributed by atoms with Crippen molar-refractivity contribution < 1.29 is 9.47 Å². The van der Waals surface area contributed by atoms with Crippen LogP contribution in [0.1, 0.15) is 28.6 Å². The summed E-state index contributed by atoms with van der Waals surface area (Å²) in [5.41, 5.74) is 4.28. The molecule has 2 aromatic rings. The molecule has 4 heteroatoms. The van der Waals surface area contributed by atoms with Crippen molar-refractivity contribution in [1.29, 1.82) is 0 Å². The zero-order valence-electron chi connectivity index (χ0n) is 13.2. The van der Waals surface area contributed by atoms with Crippen LogP contribution in [0, 0.1) is 13.8 Å². The highest BCUT2D eigenvalue weighted by molar-refractivity contribution is 5.44. The molecule has 0 aliphatic heterocycles. The first-order valence-corrected chi connectivity index (χ1v) is 6.93. The van der Waals surface area contributed by atoms with Crippen molar-refractivity contribution in [1.82, 2.24) is 10.3 Å². The summed E-state index contributed by atoms with van der Waals surface area (Å²) in [5, 5.41) is 3.35. The van der Waals surface area contributed by atoms with Gasteiger partial charge in [-0.15, -0.1) is 0 Å². The summed E-state index contributed by atoms with van der Waals surface area (Å²) < 4.78 is 10.7. The van der Waals surface area contributed by atoms with Gasteiger partial charge in [0.05, 0.1) is 20.3 Å². The number of pyridine rings is 1. The molecule has 1 heterocycles. The highest BCUT2D eigenvalue weighted by Gasteiger charge is 2.17. The summed E-state index contributed by atoms with van der Waals surface area (Å²) in [6.07, 6.45) is 0. The molecule has 21 heavy (non-hydrogen) atoms. The Hall–Kier alpha value is -2.07. The molecule has 1 atom stereocenters. The number of benzene rings is 1. The van der Waals surface area contributed by atoms with Gasteiger partial charge in [0, 0.05) is 17.5 Å². The maximum Gasteiger partial charge on any atom is 0.122 e. The van der Waals surface area contributed by atoms with Gasteiger partial charge in [0.1, 0.15) is 11.5 Å². The second-order valence-corrected chi connectivity index (χ2v) is 4.99. The van der Waals surface area contributed by atoms with E-state index in [4.69, 9.17) is 9.47 Å². The predicted octanol–water partition coefficient (Wildman–Crippen LogP) is 3.02. The minimum atomic E-state index is 0.0436. The van der Waals surface area contributed by atoms with E-state index in [1.807, 2.05) is 45.2 Å². The molecule has 0 aliphatic carbocycles. The fourth-order valence-corrected chi connectivity index (χ4v) is 2.50. The lowest BCUT2D eigenvalue weighted by Gasteiger charge is -2.20. The van der Waals surface area contributed by atoms with Gasteiger partial charge in [0.15, 0.2) is 0 Å². The molecule has 1 unspecified atom stereocenters. The average molecular weight is 286 g/mol. The Bertz CT molecular complexity index is 604. The van der Waals surface area contributed by atoms with Gasteiger partial charge in [-0.05, 0) is 50.2 Å². The van der Waals surface area contributed by atoms with E-state index in [9.17, 15) is 0 Å². The van der Waals surface area contributed by atoms with E-state index < -0.39 is 0 Å². The van der Waals surface area contributed by atoms with Gasteiger partial charge in [0.25, 0.3) is 0 Å². The molecule has 0 spiro atoms. The predicted molar refractivity (Wildman–Crippen MR) is 84.2 cm³/mol. The summed E-state index contributed by atoms with van der Waals surface area (Å²) in [6.45, 7) is 4.03. The van der Waals surface area contributed by atoms with Crippen LogP contribution in [0.5, 0.6) is 11.5 Å². The monoisotopic (exact) mass is 286 g/mol. The van der Waals surface area contributed by atoms with Crippen molar-refractivity contribution in [3.8, 4) is 11.5 Å². The van der Waals surface area contributed by atoms with Crippen molar-refractivity contribution in [3.63, 3.8) is 0 Å². The Morgan fingerprint density at radius 3 is 2.10 bits per heavy atom. The van der Waals surface area contributed by atoms with Gasteiger partial charge < -0.3 is 14.8 Å². The molecule has 0 saturated carbocycles. The van der Waals surface area contributed by atoms with Crippen molar-refractivity contribution in [2.75, 3.05) is 21.3 Å². The van der Waals surface area contributed by atoms with Crippen LogP contribution in [0.15, 0.2) is 30.3 Å². The van der Waals surface area contributed by atoms with E-state index in [1.54, 1.807) is 14.2 Å². The Balaban J connectivity index is 2.50. The molecule has 0 aliphatic rings. The second kappa shape index (κ2) is 6.59. The summed E-state index contributed by atoms with van der Waals surface area (Å²) in [5.74, 6) is 1.56. The number of nitrogens with zero attached hydrogens (tertiary/aromatic N) is 1. The third-order valence-electron chi connectivity index (χ3n) is 3.57. The number of rotatable bonds is 5. The molecular formula is C17H22N2O2. The molecule has 0 bridgehead atoms. The topological polar surface area (TPSA) is 43.4 Å². The van der Waals surface area contributed by atoms with Gasteiger partial charge in [-0.1, -0.05) is 6.07 Å². The van der Waals surface area contributed by atoms with Crippen molar-refractivity contribution >= 4 is 0 Å². The summed E-state index contributed by atoms with van der Waals surface area (Å²) in [6, 6.07) is 10.1. The van der Waals surface area contributed by atoms with Crippen LogP contribution in [0.3, 0.4) is 0 Å². The molecule has 0 saturated heterocycles. The third kappa shape index (κ3) is 3.34. The van der Waals surface area contributed by atoms with Crippen LogP contribution in [-0.4, -0.2) is 26.3 Å². The first-order chi connectivity index (χ1) is 10.1. The molecule has 0 fully saturated rings. The van der Waals surface area contributed by atoms with Crippen molar-refractivity contribution in [2.45, 2.75) is 19.9 Å². The number of ether oxygens (including phenoxy) is 2. The van der Waals surface area contributed by atoms with Crippen molar-refractivity contribution in [3.05, 3.63) is 52.8 Å². The minimum absolute atomic E-state index is 0.0436. The standard InChI is InChI=1S/C17H22N2O2/c1-11-6-7-16(12(2)19-11)17(18-3)13-8-14(20-4)10-15(9-13)21-5/h6-10,17-18H,1-5H3. The molecule has 1 aromatic carbocycles. The summed E-state index contributed by atoms with van der Waals surface area (Å²) in [7, 11) is 5.26. The largest absolute Gasteiger partial charge is 0.497 e. The van der Waals surface area contributed by atoms with E-state index in [2.05, 4.69) is 16.4 Å². The zero-order valence-corrected chi connectivity index (χ0v) is 13.2. The number of aryl methyl sites for hydroxylation is 2. The minimum Gasteiger partial charge on any atom is -0.497 e. The lowest BCUT2D eigenvalue weighted by Crippen LogP contribution is -2.19. The first kappa shape index (κ1) is 15.3. The van der Waals surface area contributed by atoms with E-state index >= 15 is 0 Å². The van der Waals surface area contributed by atoms with Gasteiger partial charge in [-0.25, -0.2) is 0 Å². The quantitative estimate of drug-likeness (QED) is 0.917. The smallest absolute Gasteiger partial charge is 0.122 e. The Morgan fingerprint density at radius 2 is 1.62 bits per heavy atom. The Labute approximate surface area is 126 Å². The van der Waals surface area contributed by atoms with Crippen LogP contribution in [0.4, 0.5) is 0 Å². The van der Waals surface area contributed by atoms with E-state index in [0.29, 0.717) is 0 Å². The normalized spacial score (nSPS) is 12.0. The van der Waals surface area contributed by atoms with Crippen LogP contribution in [0.2, 0.25) is 0 Å². The summed E-state index contributed by atoms with van der Waals surface area (Å²) in [4.78, 5) is 4.55. The third-order valence-corrected chi connectivity index (χ3v) is 3.57. The zero-order chi connectivity index (χ0) is 15.4. The van der Waals surface area contributed by atoms with E-state index in [-0.39, 0.29) is 6.04 Å². The van der Waals surface area contributed by atoms with Gasteiger partial charge in [0.2, 0.25) is 0 Å². The molecule has 112 valence electrons. The maximum absolute atomic E-state index is 5.35. The van der Waals surface area contributed by atoms with Crippen LogP contribution in [-0.2, 0) is 0 Å². The van der Waals surface area contributed by atoms with E-state index in [1.165, 1.54) is 0 Å². The first-order valence-electron chi connectivity index (χ1n) is 6.93. The van der Waals surface area contributed by atoms with Crippen LogP contribution in [0.25, 0.3) is 0 Å². The number of hydrogen-bond acceptors (Lipinski definition) is 4. The lowest BCUT2D eigenvalue weighted by atomic mass is 9.97. The van der Waals surface area contributed by atoms with Crippen LogP contribution < -0.4 is 14.8 Å². The molecule has 4 nitrogen and oxygen atoms in total. The molecule has 1 aromatic heterocycles. The molecule has 0 radical (unpaired) electrons. The lowest BCUT2D eigenvalue weighted by molar-refractivity contribution is 0.392.